The van der Waals surface area contributed by atoms with Crippen LogP contribution in [0.5, 0.6) is 11.5 Å². The quantitative estimate of drug-likeness (QED) is 0.328. The third-order valence-electron chi connectivity index (χ3n) is 6.50. The Balaban J connectivity index is 1.46. The smallest absolute Gasteiger partial charge is 0.407 e. The van der Waals surface area contributed by atoms with Crippen molar-refractivity contribution in [3.8, 4) is 11.5 Å². The van der Waals surface area contributed by atoms with Crippen molar-refractivity contribution < 1.29 is 23.9 Å². The Kier molecular flexibility index (Phi) is 10.3. The Morgan fingerprint density at radius 3 is 2.36 bits per heavy atom. The molecular formula is C32H37ClN4O5. The molecule has 0 radical (unpaired) electrons. The van der Waals surface area contributed by atoms with Gasteiger partial charge in [-0.2, -0.15) is 0 Å². The van der Waals surface area contributed by atoms with Crippen LogP contribution in [0.15, 0.2) is 78.9 Å². The first-order valence-corrected chi connectivity index (χ1v) is 14.3. The summed E-state index contributed by atoms with van der Waals surface area (Å²) in [6.07, 6.45) is 0.105. The van der Waals surface area contributed by atoms with E-state index < -0.39 is 11.7 Å². The molecule has 1 saturated heterocycles. The minimum atomic E-state index is -0.609. The number of halogens is 1. The normalized spacial score (nSPS) is 14.7. The van der Waals surface area contributed by atoms with Gasteiger partial charge in [0.15, 0.2) is 5.75 Å². The van der Waals surface area contributed by atoms with Crippen molar-refractivity contribution in [2.45, 2.75) is 45.4 Å². The van der Waals surface area contributed by atoms with Gasteiger partial charge in [0.25, 0.3) is 0 Å². The van der Waals surface area contributed by atoms with E-state index >= 15 is 0 Å². The van der Waals surface area contributed by atoms with Crippen LogP contribution in [0.2, 0.25) is 5.02 Å². The van der Waals surface area contributed by atoms with Gasteiger partial charge in [-0.1, -0.05) is 54.1 Å². The second kappa shape index (κ2) is 14.1. The molecule has 0 aromatic heterocycles. The Morgan fingerprint density at radius 1 is 0.952 bits per heavy atom. The predicted octanol–water partition coefficient (Wildman–Crippen LogP) is 5.38. The first-order chi connectivity index (χ1) is 20.1. The Morgan fingerprint density at radius 2 is 1.64 bits per heavy atom. The second-order valence-electron chi connectivity index (χ2n) is 11.1. The molecule has 1 heterocycles. The summed E-state index contributed by atoms with van der Waals surface area (Å²) in [5, 5.41) is 6.40. The van der Waals surface area contributed by atoms with Gasteiger partial charge in [0.2, 0.25) is 11.8 Å². The number of amides is 3. The summed E-state index contributed by atoms with van der Waals surface area (Å²) >= 11 is 5.98. The number of benzene rings is 3. The van der Waals surface area contributed by atoms with E-state index in [2.05, 4.69) is 10.6 Å². The van der Waals surface area contributed by atoms with Gasteiger partial charge in [0, 0.05) is 24.7 Å². The summed E-state index contributed by atoms with van der Waals surface area (Å²) in [4.78, 5) is 42.3. The van der Waals surface area contributed by atoms with Crippen molar-refractivity contribution in [3.05, 3.63) is 89.4 Å². The minimum Gasteiger partial charge on any atom is -0.455 e. The van der Waals surface area contributed by atoms with Crippen LogP contribution >= 0.6 is 11.6 Å². The Labute approximate surface area is 251 Å². The van der Waals surface area contributed by atoms with Gasteiger partial charge >= 0.3 is 6.09 Å². The van der Waals surface area contributed by atoms with E-state index in [4.69, 9.17) is 21.1 Å². The molecule has 0 saturated carbocycles. The lowest BCUT2D eigenvalue weighted by atomic mass is 10.2. The maximum atomic E-state index is 13.5. The molecule has 222 valence electrons. The summed E-state index contributed by atoms with van der Waals surface area (Å²) in [5.74, 6) is 0.744. The van der Waals surface area contributed by atoms with E-state index in [0.29, 0.717) is 48.3 Å². The molecule has 1 fully saturated rings. The molecule has 4 rings (SSSR count). The van der Waals surface area contributed by atoms with Crippen molar-refractivity contribution in [2.75, 3.05) is 31.1 Å². The van der Waals surface area contributed by atoms with Crippen molar-refractivity contribution >= 4 is 35.2 Å². The Hall–Kier alpha value is -4.24. The lowest BCUT2D eigenvalue weighted by Crippen LogP contribution is -2.45. The molecule has 42 heavy (non-hydrogen) atoms. The number of carbonyl (C=O) groups excluding carboxylic acids is 3. The van der Waals surface area contributed by atoms with Crippen molar-refractivity contribution in [3.63, 3.8) is 0 Å². The van der Waals surface area contributed by atoms with Gasteiger partial charge in [-0.3, -0.25) is 9.59 Å². The van der Waals surface area contributed by atoms with E-state index in [1.807, 2.05) is 66.7 Å². The highest BCUT2D eigenvalue weighted by molar-refractivity contribution is 6.30. The highest BCUT2D eigenvalue weighted by Crippen LogP contribution is 2.32. The standard InChI is InChI=1S/C32H37ClN4O5/c1-32(2,3)42-31(40)35-25-17-18-36(20-25)30(39)22-37(21-29(38)34-19-23-13-15-24(33)16-14-23)27-11-7-8-12-28(27)41-26-9-5-4-6-10-26/h4-16,25H,17-22H2,1-3H3,(H,34,38)(H,35,40). The molecule has 1 aliphatic heterocycles. The number of para-hydroxylation sites is 3. The number of nitrogens with zero attached hydrogens (tertiary/aromatic N) is 2. The zero-order chi connectivity index (χ0) is 30.1. The number of anilines is 1. The molecule has 3 aromatic carbocycles. The number of alkyl carbamates (subject to hydrolysis) is 1. The molecule has 0 aliphatic carbocycles. The minimum absolute atomic E-state index is 0.0529. The number of ether oxygens (including phenoxy) is 2. The molecule has 1 unspecified atom stereocenters. The predicted molar refractivity (Wildman–Crippen MR) is 163 cm³/mol. The maximum Gasteiger partial charge on any atom is 0.407 e. The number of hydrogen-bond acceptors (Lipinski definition) is 6. The molecular weight excluding hydrogens is 556 g/mol. The molecule has 10 heteroatoms. The fourth-order valence-electron chi connectivity index (χ4n) is 4.52. The van der Waals surface area contributed by atoms with Crippen molar-refractivity contribution in [1.29, 1.82) is 0 Å². The molecule has 3 aromatic rings. The van der Waals surface area contributed by atoms with E-state index in [1.165, 1.54) is 0 Å². The fourth-order valence-corrected chi connectivity index (χ4v) is 4.65. The molecule has 3 amide bonds. The summed E-state index contributed by atoms with van der Waals surface area (Å²) in [6.45, 7) is 6.45. The van der Waals surface area contributed by atoms with Gasteiger partial charge in [-0.05, 0) is 69.2 Å². The monoisotopic (exact) mass is 592 g/mol. The number of hydrogen-bond donors (Lipinski definition) is 2. The zero-order valence-electron chi connectivity index (χ0n) is 24.1. The average molecular weight is 593 g/mol. The van der Waals surface area contributed by atoms with Crippen LogP contribution in [0.4, 0.5) is 10.5 Å². The van der Waals surface area contributed by atoms with E-state index in [9.17, 15) is 14.4 Å². The van der Waals surface area contributed by atoms with Gasteiger partial charge < -0.3 is 29.9 Å². The topological polar surface area (TPSA) is 100 Å². The van der Waals surface area contributed by atoms with Crippen LogP contribution in [0, 0.1) is 0 Å². The maximum absolute atomic E-state index is 13.5. The lowest BCUT2D eigenvalue weighted by Gasteiger charge is -2.28. The average Bonchev–Trinajstić information content (AvgIpc) is 3.41. The van der Waals surface area contributed by atoms with Crippen LogP contribution in [0.25, 0.3) is 0 Å². The van der Waals surface area contributed by atoms with Crippen LogP contribution < -0.4 is 20.3 Å². The van der Waals surface area contributed by atoms with E-state index in [0.717, 1.165) is 5.56 Å². The number of nitrogens with one attached hydrogen (secondary N) is 2. The number of likely N-dealkylation sites (tertiary alicyclic amines) is 1. The highest BCUT2D eigenvalue weighted by atomic mass is 35.5. The summed E-state index contributed by atoms with van der Waals surface area (Å²) in [6, 6.07) is 23.7. The summed E-state index contributed by atoms with van der Waals surface area (Å²) < 4.78 is 11.5. The van der Waals surface area contributed by atoms with Gasteiger partial charge in [-0.25, -0.2) is 4.79 Å². The highest BCUT2D eigenvalue weighted by Gasteiger charge is 2.30. The molecule has 1 aliphatic rings. The van der Waals surface area contributed by atoms with E-state index in [1.54, 1.807) is 42.7 Å². The third kappa shape index (κ3) is 9.41. The Bertz CT molecular complexity index is 1360. The molecule has 0 bridgehead atoms. The molecule has 1 atom stereocenters. The number of carbonyl (C=O) groups is 3. The first kappa shape index (κ1) is 30.7. The van der Waals surface area contributed by atoms with Crippen molar-refractivity contribution in [1.82, 2.24) is 15.5 Å². The number of rotatable bonds is 10. The zero-order valence-corrected chi connectivity index (χ0v) is 24.9. The van der Waals surface area contributed by atoms with Gasteiger partial charge in [0.05, 0.1) is 24.8 Å². The third-order valence-corrected chi connectivity index (χ3v) is 6.75. The second-order valence-corrected chi connectivity index (χ2v) is 11.6. The van der Waals surface area contributed by atoms with Crippen LogP contribution in [-0.2, 0) is 20.9 Å². The lowest BCUT2D eigenvalue weighted by molar-refractivity contribution is -0.128. The van der Waals surface area contributed by atoms with Crippen molar-refractivity contribution in [2.24, 2.45) is 0 Å². The summed E-state index contributed by atoms with van der Waals surface area (Å²) in [5.41, 5.74) is 0.907. The van der Waals surface area contributed by atoms with Gasteiger partial charge in [0.1, 0.15) is 11.4 Å². The first-order valence-electron chi connectivity index (χ1n) is 13.9. The molecule has 9 nitrogen and oxygen atoms in total. The summed E-state index contributed by atoms with van der Waals surface area (Å²) in [7, 11) is 0. The van der Waals surface area contributed by atoms with E-state index in [-0.39, 0.29) is 30.9 Å². The fraction of sp³-hybridized carbons (Fsp3) is 0.344. The molecule has 0 spiro atoms. The SMILES string of the molecule is CC(C)(C)OC(=O)NC1CCN(C(=O)CN(CC(=O)NCc2ccc(Cl)cc2)c2ccccc2Oc2ccccc2)C1. The van der Waals surface area contributed by atoms with Gasteiger partial charge in [-0.15, -0.1) is 0 Å². The van der Waals surface area contributed by atoms with Crippen LogP contribution in [0.3, 0.4) is 0 Å². The van der Waals surface area contributed by atoms with Crippen LogP contribution in [-0.4, -0.2) is 60.6 Å². The van der Waals surface area contributed by atoms with Crippen LogP contribution in [0.1, 0.15) is 32.8 Å². The largest absolute Gasteiger partial charge is 0.455 e. The molecule has 2 N–H and O–H groups in total.